The zero-order valence-corrected chi connectivity index (χ0v) is 37.7. The summed E-state index contributed by atoms with van der Waals surface area (Å²) >= 11 is 1.89. The molecule has 0 saturated heterocycles. The molecule has 0 unspecified atom stereocenters. The molecule has 0 amide bonds. The van der Waals surface area contributed by atoms with Crippen LogP contribution in [0.1, 0.15) is 49.9 Å². The van der Waals surface area contributed by atoms with Gasteiger partial charge in [-0.25, -0.2) is 0 Å². The van der Waals surface area contributed by atoms with Crippen LogP contribution < -0.4 is 9.80 Å². The fourth-order valence-electron chi connectivity index (χ4n) is 11.3. The molecule has 10 aromatic carbocycles. The SMILES string of the molecule is CC1(C)c2ccccc2-c2ccc(N(c3ccc4c(c3)C(C)(C)c3ccccc3N4c3c(-c4ccc5ccccc5c4)ccc4ccccc34)c3cccc4c3sc3ccccc34)cc21. The van der Waals surface area contributed by atoms with Crippen molar-refractivity contribution >= 4 is 87.2 Å². The smallest absolute Gasteiger partial charge is 0.0640 e. The van der Waals surface area contributed by atoms with Crippen LogP contribution in [0.5, 0.6) is 0 Å². The molecule has 11 aromatic rings. The summed E-state index contributed by atoms with van der Waals surface area (Å²) in [5.74, 6) is 0. The maximum Gasteiger partial charge on any atom is 0.0640 e. The lowest BCUT2D eigenvalue weighted by molar-refractivity contribution is 0.632. The van der Waals surface area contributed by atoms with Crippen LogP contribution in [0.2, 0.25) is 0 Å². The number of nitrogens with zero attached hydrogens (tertiary/aromatic N) is 2. The average Bonchev–Trinajstić information content (AvgIpc) is 3.84. The monoisotopic (exact) mass is 850 g/mol. The van der Waals surface area contributed by atoms with Gasteiger partial charge in [0.25, 0.3) is 0 Å². The molecule has 0 radical (unpaired) electrons. The molecule has 0 fully saturated rings. The largest absolute Gasteiger partial charge is 0.309 e. The molecule has 0 N–H and O–H groups in total. The van der Waals surface area contributed by atoms with Gasteiger partial charge in [0, 0.05) is 48.6 Å². The second kappa shape index (κ2) is 14.0. The van der Waals surface area contributed by atoms with Crippen molar-refractivity contribution in [3.8, 4) is 22.3 Å². The van der Waals surface area contributed by atoms with Gasteiger partial charge in [-0.2, -0.15) is 0 Å². The fourth-order valence-corrected chi connectivity index (χ4v) is 12.5. The van der Waals surface area contributed by atoms with Gasteiger partial charge < -0.3 is 9.80 Å². The van der Waals surface area contributed by atoms with E-state index >= 15 is 0 Å². The summed E-state index contributed by atoms with van der Waals surface area (Å²) in [6.45, 7) is 9.58. The van der Waals surface area contributed by atoms with E-state index in [1.165, 1.54) is 109 Å². The van der Waals surface area contributed by atoms with Crippen molar-refractivity contribution in [1.82, 2.24) is 0 Å². The number of para-hydroxylation sites is 1. The molecule has 2 heterocycles. The van der Waals surface area contributed by atoms with Crippen molar-refractivity contribution in [1.29, 1.82) is 0 Å². The first kappa shape index (κ1) is 38.0. The Balaban J connectivity index is 1.07. The molecule has 310 valence electrons. The maximum absolute atomic E-state index is 2.57. The minimum Gasteiger partial charge on any atom is -0.309 e. The molecular formula is C62H46N2S. The van der Waals surface area contributed by atoms with Gasteiger partial charge in [0.2, 0.25) is 0 Å². The molecule has 0 saturated carbocycles. The molecule has 0 atom stereocenters. The van der Waals surface area contributed by atoms with Gasteiger partial charge in [0.15, 0.2) is 0 Å². The highest BCUT2D eigenvalue weighted by Crippen LogP contribution is 2.57. The highest BCUT2D eigenvalue weighted by atomic mass is 32.1. The number of thiophene rings is 1. The topological polar surface area (TPSA) is 6.48 Å². The van der Waals surface area contributed by atoms with E-state index in [1.807, 2.05) is 11.3 Å². The lowest BCUT2D eigenvalue weighted by Gasteiger charge is -2.43. The molecular weight excluding hydrogens is 805 g/mol. The predicted molar refractivity (Wildman–Crippen MR) is 279 cm³/mol. The molecule has 1 aliphatic carbocycles. The van der Waals surface area contributed by atoms with Gasteiger partial charge in [-0.1, -0.05) is 179 Å². The van der Waals surface area contributed by atoms with E-state index in [0.717, 1.165) is 11.4 Å². The van der Waals surface area contributed by atoms with E-state index in [2.05, 4.69) is 244 Å². The molecule has 65 heavy (non-hydrogen) atoms. The van der Waals surface area contributed by atoms with E-state index in [4.69, 9.17) is 0 Å². The molecule has 2 nitrogen and oxygen atoms in total. The Morgan fingerprint density at radius 3 is 1.86 bits per heavy atom. The highest BCUT2D eigenvalue weighted by molar-refractivity contribution is 7.26. The molecule has 2 aliphatic rings. The van der Waals surface area contributed by atoms with Gasteiger partial charge in [-0.05, 0) is 110 Å². The van der Waals surface area contributed by atoms with Crippen molar-refractivity contribution in [2.24, 2.45) is 0 Å². The van der Waals surface area contributed by atoms with E-state index in [0.29, 0.717) is 0 Å². The molecule has 0 bridgehead atoms. The Morgan fingerprint density at radius 1 is 0.400 bits per heavy atom. The first-order chi connectivity index (χ1) is 31.8. The van der Waals surface area contributed by atoms with Crippen LogP contribution in [-0.2, 0) is 10.8 Å². The molecule has 1 aliphatic heterocycles. The summed E-state index contributed by atoms with van der Waals surface area (Å²) in [7, 11) is 0. The second-order valence-electron chi connectivity index (χ2n) is 18.9. The summed E-state index contributed by atoms with van der Waals surface area (Å²) in [6.07, 6.45) is 0. The van der Waals surface area contributed by atoms with E-state index in [-0.39, 0.29) is 10.8 Å². The lowest BCUT2D eigenvalue weighted by Crippen LogP contribution is -2.31. The molecule has 1 aromatic heterocycles. The van der Waals surface area contributed by atoms with Gasteiger partial charge in [0.1, 0.15) is 0 Å². The minimum atomic E-state index is -0.316. The number of rotatable bonds is 5. The van der Waals surface area contributed by atoms with Crippen molar-refractivity contribution in [2.45, 2.75) is 38.5 Å². The highest BCUT2D eigenvalue weighted by Gasteiger charge is 2.40. The summed E-state index contributed by atoms with van der Waals surface area (Å²) in [6, 6.07) is 77.3. The first-order valence-corrected chi connectivity index (χ1v) is 23.6. The average molecular weight is 851 g/mol. The van der Waals surface area contributed by atoms with Crippen molar-refractivity contribution in [3.63, 3.8) is 0 Å². The Morgan fingerprint density at radius 2 is 1.00 bits per heavy atom. The van der Waals surface area contributed by atoms with E-state index in [1.54, 1.807) is 0 Å². The predicted octanol–water partition coefficient (Wildman–Crippen LogP) is 17.9. The Kier molecular flexibility index (Phi) is 8.20. The van der Waals surface area contributed by atoms with Crippen LogP contribution in [0, 0.1) is 0 Å². The van der Waals surface area contributed by atoms with Gasteiger partial charge >= 0.3 is 0 Å². The molecule has 0 spiro atoms. The molecule has 3 heteroatoms. The quantitative estimate of drug-likeness (QED) is 0.170. The molecule has 13 rings (SSSR count). The maximum atomic E-state index is 2.57. The number of hydrogen-bond acceptors (Lipinski definition) is 3. The number of fused-ring (bicyclic) bond motifs is 10. The van der Waals surface area contributed by atoms with Crippen molar-refractivity contribution in [3.05, 3.63) is 229 Å². The minimum absolute atomic E-state index is 0.138. The zero-order chi connectivity index (χ0) is 43.6. The normalized spacial score (nSPS) is 14.4. The van der Waals surface area contributed by atoms with Crippen LogP contribution >= 0.6 is 11.3 Å². The third kappa shape index (κ3) is 5.58. The van der Waals surface area contributed by atoms with Crippen LogP contribution in [0.25, 0.3) is 64.0 Å². The number of anilines is 6. The van der Waals surface area contributed by atoms with E-state index < -0.39 is 0 Å². The van der Waals surface area contributed by atoms with Gasteiger partial charge in [-0.3, -0.25) is 0 Å². The number of benzene rings is 10. The Bertz CT molecular complexity index is 3760. The van der Waals surface area contributed by atoms with Crippen molar-refractivity contribution < 1.29 is 0 Å². The van der Waals surface area contributed by atoms with Gasteiger partial charge in [-0.15, -0.1) is 11.3 Å². The fraction of sp³-hybridized carbons (Fsp3) is 0.0968. The number of hydrogen-bond donors (Lipinski definition) is 0. The summed E-state index contributed by atoms with van der Waals surface area (Å²) in [4.78, 5) is 5.11. The van der Waals surface area contributed by atoms with Gasteiger partial charge in [0.05, 0.1) is 27.4 Å². The Hall–Kier alpha value is -7.46. The standard InChI is InChI=1S/C62H46N2S/c1-61(2)51-23-11-9-20-47(51)48-34-31-43(37-53(48)61)63(57-26-15-22-50-49-21-10-14-27-58(49)65-60(50)57)44-32-35-56-54(38-44)62(3,4)52-24-12-13-25-55(52)64(56)59-45-19-8-7-17-40(45)30-33-46(59)42-29-28-39-16-5-6-18-41(39)36-42/h5-38H,1-4H3. The lowest BCUT2D eigenvalue weighted by atomic mass is 9.73. The first-order valence-electron chi connectivity index (χ1n) is 22.8. The zero-order valence-electron chi connectivity index (χ0n) is 36.9. The van der Waals surface area contributed by atoms with Crippen LogP contribution in [0.3, 0.4) is 0 Å². The van der Waals surface area contributed by atoms with Crippen molar-refractivity contribution in [2.75, 3.05) is 9.80 Å². The summed E-state index contributed by atoms with van der Waals surface area (Å²) < 4.78 is 2.59. The third-order valence-electron chi connectivity index (χ3n) is 14.6. The second-order valence-corrected chi connectivity index (χ2v) is 20.0. The third-order valence-corrected chi connectivity index (χ3v) is 15.8. The Labute approximate surface area is 384 Å². The van der Waals surface area contributed by atoms with Crippen LogP contribution in [0.15, 0.2) is 206 Å². The van der Waals surface area contributed by atoms with E-state index in [9.17, 15) is 0 Å². The van der Waals surface area contributed by atoms with Crippen LogP contribution in [-0.4, -0.2) is 0 Å². The summed E-state index contributed by atoms with van der Waals surface area (Å²) in [5.41, 5.74) is 17.0. The summed E-state index contributed by atoms with van der Waals surface area (Å²) in [5, 5.41) is 7.52. The van der Waals surface area contributed by atoms with Crippen LogP contribution in [0.4, 0.5) is 34.1 Å².